The van der Waals surface area contributed by atoms with Gasteiger partial charge in [-0.25, -0.2) is 19.1 Å². The summed E-state index contributed by atoms with van der Waals surface area (Å²) in [5.74, 6) is -0.717. The Morgan fingerprint density at radius 1 is 1.64 bits per heavy atom. The fourth-order valence-corrected chi connectivity index (χ4v) is 0.410. The second-order valence-electron chi connectivity index (χ2n) is 2.73. The summed E-state index contributed by atoms with van der Waals surface area (Å²) in [6.45, 7) is 10.4. The third kappa shape index (κ3) is 17.8. The Hall–Kier alpha value is -0.146. The summed E-state index contributed by atoms with van der Waals surface area (Å²) in [5, 5.41) is 0. The van der Waals surface area contributed by atoms with Crippen LogP contribution in [0, 0.1) is 12.8 Å². The molecule has 0 aliphatic heterocycles. The van der Waals surface area contributed by atoms with Crippen molar-refractivity contribution in [2.24, 2.45) is 5.92 Å². The Labute approximate surface area is 111 Å². The fraction of sp³-hybridized carbons (Fsp3) is 0.500. The first-order valence-electron chi connectivity index (χ1n) is 3.86. The zero-order valence-electron chi connectivity index (χ0n) is 9.00. The number of hydrogen-bond acceptors (Lipinski definition) is 3. The van der Waals surface area contributed by atoms with Crippen LogP contribution in [-0.4, -0.2) is 19.4 Å². The van der Waals surface area contributed by atoms with E-state index in [1.165, 1.54) is 7.11 Å². The number of methoxy groups -OCH3 is 1. The summed E-state index contributed by atoms with van der Waals surface area (Å²) in [5.41, 5.74) is 0.917. The van der Waals surface area contributed by atoms with Crippen LogP contribution in [0.2, 0.25) is 0 Å². The van der Waals surface area contributed by atoms with Crippen LogP contribution in [0.25, 0.3) is 0 Å². The third-order valence-corrected chi connectivity index (χ3v) is 0.993. The van der Waals surface area contributed by atoms with Crippen LogP contribution in [0.3, 0.4) is 0 Å². The minimum atomic E-state index is -0.363. The molecule has 0 aromatic heterocycles. The van der Waals surface area contributed by atoms with Crippen molar-refractivity contribution in [3.8, 4) is 0 Å². The fourth-order valence-electron chi connectivity index (χ4n) is 0.410. The van der Waals surface area contributed by atoms with Gasteiger partial charge in [0.1, 0.15) is 0 Å². The van der Waals surface area contributed by atoms with E-state index in [0.29, 0.717) is 0 Å². The number of carbonyl (C=O) groups excluding carboxylic acids is 2. The molecule has 4 heteroatoms. The summed E-state index contributed by atoms with van der Waals surface area (Å²) in [6, 6.07) is 0. The maximum atomic E-state index is 10.5. The smallest absolute Gasteiger partial charge is 0.305 e. The summed E-state index contributed by atoms with van der Waals surface area (Å²) in [7, 11) is 1.30. The molecular formula is C10H16O3Y-2. The van der Waals surface area contributed by atoms with Crippen LogP contribution in [0.4, 0.5) is 0 Å². The first-order valence-corrected chi connectivity index (χ1v) is 3.86. The van der Waals surface area contributed by atoms with Crippen molar-refractivity contribution in [3.63, 3.8) is 0 Å². The zero-order chi connectivity index (χ0) is 10.9. The molecule has 0 spiro atoms. The van der Waals surface area contributed by atoms with Gasteiger partial charge in [-0.3, -0.25) is 11.1 Å². The molecule has 1 unspecified atom stereocenters. The van der Waals surface area contributed by atoms with Gasteiger partial charge < -0.3 is 9.53 Å². The van der Waals surface area contributed by atoms with E-state index in [0.717, 1.165) is 5.57 Å². The molecular weight excluding hydrogens is 257 g/mol. The molecule has 1 atom stereocenters. The van der Waals surface area contributed by atoms with E-state index in [4.69, 9.17) is 0 Å². The molecule has 1 radical (unpaired) electrons. The second kappa shape index (κ2) is 12.9. The van der Waals surface area contributed by atoms with Gasteiger partial charge in [0.2, 0.25) is 0 Å². The van der Waals surface area contributed by atoms with Crippen LogP contribution >= 0.6 is 0 Å². The number of rotatable bonds is 3. The van der Waals surface area contributed by atoms with E-state index in [1.54, 1.807) is 13.2 Å². The van der Waals surface area contributed by atoms with Crippen LogP contribution in [0.5, 0.6) is 0 Å². The number of allylic oxidation sites excluding steroid dienone is 1. The molecule has 0 aromatic rings. The van der Waals surface area contributed by atoms with E-state index in [9.17, 15) is 9.59 Å². The molecule has 0 rings (SSSR count). The molecule has 0 amide bonds. The molecule has 0 N–H and O–H groups in total. The predicted octanol–water partition coefficient (Wildman–Crippen LogP) is 1.69. The molecule has 79 valence electrons. The average molecular weight is 273 g/mol. The molecule has 0 aliphatic rings. The number of hydrogen-bond donors (Lipinski definition) is 0. The van der Waals surface area contributed by atoms with E-state index in [2.05, 4.69) is 18.2 Å². The Kier molecular flexibility index (Phi) is 17.8. The molecule has 0 bridgehead atoms. The molecule has 0 aromatic carbocycles. The zero-order valence-corrected chi connectivity index (χ0v) is 11.8. The monoisotopic (exact) mass is 273 g/mol. The van der Waals surface area contributed by atoms with Gasteiger partial charge in [0.05, 0.1) is 7.11 Å². The van der Waals surface area contributed by atoms with E-state index >= 15 is 0 Å². The molecule has 3 nitrogen and oxygen atoms in total. The van der Waals surface area contributed by atoms with Crippen molar-refractivity contribution in [2.45, 2.75) is 20.3 Å². The topological polar surface area (TPSA) is 43.4 Å². The van der Waals surface area contributed by atoms with E-state index < -0.39 is 0 Å². The van der Waals surface area contributed by atoms with Gasteiger partial charge in [-0.2, -0.15) is 0 Å². The quantitative estimate of drug-likeness (QED) is 0.580. The van der Waals surface area contributed by atoms with E-state index in [1.807, 2.05) is 6.92 Å². The van der Waals surface area contributed by atoms with Crippen LogP contribution in [0.15, 0.2) is 12.2 Å². The minimum Gasteiger partial charge on any atom is -0.542 e. The van der Waals surface area contributed by atoms with Crippen LogP contribution in [-0.2, 0) is 47.0 Å². The Morgan fingerprint density at radius 3 is 2.21 bits per heavy atom. The van der Waals surface area contributed by atoms with Crippen LogP contribution in [0.1, 0.15) is 20.3 Å². The van der Waals surface area contributed by atoms with Crippen molar-refractivity contribution < 1.29 is 47.0 Å². The summed E-state index contributed by atoms with van der Waals surface area (Å²) in [4.78, 5) is 20.2. The molecule has 0 saturated heterocycles. The second-order valence-corrected chi connectivity index (χ2v) is 2.73. The first-order chi connectivity index (χ1) is 5.95. The van der Waals surface area contributed by atoms with Gasteiger partial charge >= 0.3 is 5.97 Å². The molecule has 0 aliphatic carbocycles. The normalized spacial score (nSPS) is 9.64. The maximum absolute atomic E-state index is 10.5. The molecule has 0 saturated carbocycles. The Balaban J connectivity index is -0.000000209. The van der Waals surface area contributed by atoms with Gasteiger partial charge in [0.25, 0.3) is 0 Å². The average Bonchev–Trinajstić information content (AvgIpc) is 2.02. The van der Waals surface area contributed by atoms with Gasteiger partial charge in [-0.05, 0) is 0 Å². The standard InChI is InChI=1S/C6H9O3.C4H7.Y/c1-5(3-4-7)6(8)9-2;1-4(2)3;/h5H,3H2,1-2H3;1-2H2,3H3;/q2*-1;. The number of esters is 1. The van der Waals surface area contributed by atoms with Crippen LogP contribution < -0.4 is 0 Å². The van der Waals surface area contributed by atoms with E-state index in [-0.39, 0.29) is 51.0 Å². The molecule has 0 heterocycles. The number of ether oxygens (including phenoxy) is 1. The van der Waals surface area contributed by atoms with Crippen molar-refractivity contribution in [1.29, 1.82) is 0 Å². The summed E-state index contributed by atoms with van der Waals surface area (Å²) in [6.07, 6.45) is 1.75. The maximum Gasteiger partial charge on any atom is 0.305 e. The van der Waals surface area contributed by atoms with Crippen molar-refractivity contribution in [3.05, 3.63) is 19.1 Å². The Bertz CT molecular complexity index is 174. The molecule has 0 fully saturated rings. The van der Waals surface area contributed by atoms with Crippen molar-refractivity contribution in [2.75, 3.05) is 7.11 Å². The summed E-state index contributed by atoms with van der Waals surface area (Å²) < 4.78 is 4.35. The number of carbonyl (C=O) groups is 1. The van der Waals surface area contributed by atoms with Crippen molar-refractivity contribution in [1.82, 2.24) is 0 Å². The van der Waals surface area contributed by atoms with Gasteiger partial charge in [0, 0.05) is 38.6 Å². The van der Waals surface area contributed by atoms with Crippen molar-refractivity contribution >= 4 is 12.3 Å². The summed E-state index contributed by atoms with van der Waals surface area (Å²) >= 11 is 0. The third-order valence-electron chi connectivity index (χ3n) is 0.993. The Morgan fingerprint density at radius 2 is 2.00 bits per heavy atom. The first kappa shape index (κ1) is 19.4. The van der Waals surface area contributed by atoms with Gasteiger partial charge in [0.15, 0.2) is 0 Å². The molecule has 14 heavy (non-hydrogen) atoms. The predicted molar refractivity (Wildman–Crippen MR) is 51.7 cm³/mol. The largest absolute Gasteiger partial charge is 0.542 e. The van der Waals surface area contributed by atoms with Gasteiger partial charge in [-0.1, -0.05) is 13.8 Å². The minimum absolute atomic E-state index is 0. The van der Waals surface area contributed by atoms with Gasteiger partial charge in [-0.15, -0.1) is 6.42 Å². The SMILES string of the molecule is C=C([CH2-])C.COC(=O)C(C)C[C-]=O.[Y].